The van der Waals surface area contributed by atoms with Crippen LogP contribution in [-0.4, -0.2) is 36.5 Å². The Bertz CT molecular complexity index is 508. The van der Waals surface area contributed by atoms with Gasteiger partial charge in [-0.1, -0.05) is 15.9 Å². The minimum absolute atomic E-state index is 0.177. The van der Waals surface area contributed by atoms with Crippen molar-refractivity contribution in [3.05, 3.63) is 34.1 Å². The molecule has 0 aliphatic carbocycles. The number of amides is 1. The Morgan fingerprint density at radius 1 is 1.42 bits per heavy atom. The molecule has 3 nitrogen and oxygen atoms in total. The molecule has 2 aliphatic rings. The van der Waals surface area contributed by atoms with E-state index in [0.717, 1.165) is 32.5 Å². The lowest BCUT2D eigenvalue weighted by atomic mass is 9.91. The number of rotatable bonds is 1. The van der Waals surface area contributed by atoms with Crippen molar-refractivity contribution in [2.45, 2.75) is 18.9 Å². The van der Waals surface area contributed by atoms with Gasteiger partial charge in [0.25, 0.3) is 5.91 Å². The second-order valence-corrected chi connectivity index (χ2v) is 6.17. The summed E-state index contributed by atoms with van der Waals surface area (Å²) < 4.78 is 14.6. The van der Waals surface area contributed by atoms with E-state index < -0.39 is 5.82 Å². The molecule has 2 fully saturated rings. The van der Waals surface area contributed by atoms with Crippen molar-refractivity contribution in [3.8, 4) is 0 Å². The van der Waals surface area contributed by atoms with Crippen LogP contribution in [0.4, 0.5) is 4.39 Å². The van der Waals surface area contributed by atoms with Crippen molar-refractivity contribution >= 4 is 21.8 Å². The van der Waals surface area contributed by atoms with Gasteiger partial charge in [0.1, 0.15) is 5.82 Å². The minimum atomic E-state index is -0.451. The molecule has 2 unspecified atom stereocenters. The van der Waals surface area contributed by atoms with Gasteiger partial charge in [-0.05, 0) is 37.0 Å². The number of hydrogen-bond donors (Lipinski definition) is 1. The van der Waals surface area contributed by atoms with Crippen LogP contribution in [0.15, 0.2) is 22.7 Å². The Morgan fingerprint density at radius 2 is 2.26 bits per heavy atom. The van der Waals surface area contributed by atoms with Crippen molar-refractivity contribution < 1.29 is 9.18 Å². The third-order valence-corrected chi connectivity index (χ3v) is 4.59. The van der Waals surface area contributed by atoms with Gasteiger partial charge in [0, 0.05) is 30.1 Å². The van der Waals surface area contributed by atoms with Crippen LogP contribution < -0.4 is 5.32 Å². The lowest BCUT2D eigenvalue weighted by Gasteiger charge is -2.37. The number of nitrogens with zero attached hydrogens (tertiary/aromatic N) is 1. The summed E-state index contributed by atoms with van der Waals surface area (Å²) in [4.78, 5) is 14.4. The number of benzene rings is 1. The molecule has 0 spiro atoms. The van der Waals surface area contributed by atoms with E-state index in [1.807, 2.05) is 4.90 Å². The van der Waals surface area contributed by atoms with Crippen molar-refractivity contribution in [1.29, 1.82) is 0 Å². The fraction of sp³-hybridized carbons (Fsp3) is 0.500. The normalized spacial score (nSPS) is 26.3. The van der Waals surface area contributed by atoms with Crippen molar-refractivity contribution in [3.63, 3.8) is 0 Å². The number of carbonyl (C=O) groups is 1. The molecule has 102 valence electrons. The van der Waals surface area contributed by atoms with E-state index >= 15 is 0 Å². The Balaban J connectivity index is 1.86. The molecule has 1 aromatic carbocycles. The maximum Gasteiger partial charge on any atom is 0.257 e. The number of likely N-dealkylation sites (tertiary alicyclic amines) is 1. The summed E-state index contributed by atoms with van der Waals surface area (Å²) in [6.07, 6.45) is 2.16. The third-order valence-electron chi connectivity index (χ3n) is 4.10. The fourth-order valence-corrected chi connectivity index (χ4v) is 3.47. The van der Waals surface area contributed by atoms with E-state index in [9.17, 15) is 9.18 Å². The lowest BCUT2D eigenvalue weighted by Crippen LogP contribution is -2.48. The minimum Gasteiger partial charge on any atom is -0.334 e. The zero-order valence-corrected chi connectivity index (χ0v) is 12.1. The summed E-state index contributed by atoms with van der Waals surface area (Å²) in [6.45, 7) is 2.53. The molecule has 3 rings (SSSR count). The molecular weight excluding hydrogens is 311 g/mol. The van der Waals surface area contributed by atoms with Crippen LogP contribution in [0.2, 0.25) is 0 Å². The van der Waals surface area contributed by atoms with Crippen LogP contribution in [0, 0.1) is 11.7 Å². The van der Waals surface area contributed by atoms with Crippen molar-refractivity contribution in [1.82, 2.24) is 10.2 Å². The topological polar surface area (TPSA) is 32.3 Å². The molecule has 1 amide bonds. The van der Waals surface area contributed by atoms with Gasteiger partial charge >= 0.3 is 0 Å². The Hall–Kier alpha value is -0.940. The predicted molar refractivity (Wildman–Crippen MR) is 74.5 cm³/mol. The zero-order chi connectivity index (χ0) is 13.4. The van der Waals surface area contributed by atoms with Gasteiger partial charge in [-0.3, -0.25) is 4.79 Å². The second-order valence-electron chi connectivity index (χ2n) is 5.25. The molecule has 0 saturated carbocycles. The first-order chi connectivity index (χ1) is 9.16. The van der Waals surface area contributed by atoms with Gasteiger partial charge in [0.15, 0.2) is 0 Å². The quantitative estimate of drug-likeness (QED) is 0.859. The molecule has 2 aliphatic heterocycles. The molecular formula is C14H16BrFN2O. The average Bonchev–Trinajstić information content (AvgIpc) is 2.86. The van der Waals surface area contributed by atoms with E-state index in [-0.39, 0.29) is 17.5 Å². The largest absolute Gasteiger partial charge is 0.334 e. The van der Waals surface area contributed by atoms with Crippen molar-refractivity contribution in [2.75, 3.05) is 19.6 Å². The van der Waals surface area contributed by atoms with Crippen LogP contribution >= 0.6 is 15.9 Å². The third kappa shape index (κ3) is 2.41. The van der Waals surface area contributed by atoms with Gasteiger partial charge in [-0.15, -0.1) is 0 Å². The first kappa shape index (κ1) is 13.1. The van der Waals surface area contributed by atoms with Crippen LogP contribution in [0.5, 0.6) is 0 Å². The maximum atomic E-state index is 13.9. The van der Waals surface area contributed by atoms with E-state index in [1.165, 1.54) is 6.07 Å². The molecule has 0 bridgehead atoms. The summed E-state index contributed by atoms with van der Waals surface area (Å²) in [7, 11) is 0. The highest BCUT2D eigenvalue weighted by atomic mass is 79.9. The number of halogens is 2. The number of fused-ring (bicyclic) bond motifs is 1. The number of nitrogens with one attached hydrogen (secondary N) is 1. The van der Waals surface area contributed by atoms with Crippen LogP contribution in [0.3, 0.4) is 0 Å². The van der Waals surface area contributed by atoms with E-state index in [0.29, 0.717) is 10.4 Å². The molecule has 2 saturated heterocycles. The summed E-state index contributed by atoms with van der Waals surface area (Å²) in [6, 6.07) is 4.85. The van der Waals surface area contributed by atoms with Gasteiger partial charge < -0.3 is 10.2 Å². The van der Waals surface area contributed by atoms with Gasteiger partial charge in [0.2, 0.25) is 0 Å². The first-order valence-electron chi connectivity index (χ1n) is 6.63. The highest BCUT2D eigenvalue weighted by Crippen LogP contribution is 2.28. The SMILES string of the molecule is O=C(c1ccc(Br)cc1F)N1CCCC2CNCC21. The van der Waals surface area contributed by atoms with Crippen LogP contribution in [0.25, 0.3) is 0 Å². The Labute approximate surface area is 120 Å². The average molecular weight is 327 g/mol. The van der Waals surface area contributed by atoms with Gasteiger partial charge in [0.05, 0.1) is 5.56 Å². The van der Waals surface area contributed by atoms with Crippen LogP contribution in [0.1, 0.15) is 23.2 Å². The highest BCUT2D eigenvalue weighted by molar-refractivity contribution is 9.10. The van der Waals surface area contributed by atoms with E-state index in [1.54, 1.807) is 12.1 Å². The van der Waals surface area contributed by atoms with Crippen LogP contribution in [-0.2, 0) is 0 Å². The Morgan fingerprint density at radius 3 is 3.05 bits per heavy atom. The molecule has 0 radical (unpaired) electrons. The molecule has 19 heavy (non-hydrogen) atoms. The number of carbonyl (C=O) groups excluding carboxylic acids is 1. The van der Waals surface area contributed by atoms with Gasteiger partial charge in [-0.2, -0.15) is 0 Å². The Kier molecular flexibility index (Phi) is 3.58. The summed E-state index contributed by atoms with van der Waals surface area (Å²) in [5.41, 5.74) is 0.177. The molecule has 5 heteroatoms. The molecule has 2 atom stereocenters. The monoisotopic (exact) mass is 326 g/mol. The van der Waals surface area contributed by atoms with E-state index in [2.05, 4.69) is 21.2 Å². The number of piperidine rings is 1. The summed E-state index contributed by atoms with van der Waals surface area (Å²) in [5.74, 6) is -0.105. The van der Waals surface area contributed by atoms with Crippen molar-refractivity contribution in [2.24, 2.45) is 5.92 Å². The van der Waals surface area contributed by atoms with Gasteiger partial charge in [-0.25, -0.2) is 4.39 Å². The molecule has 1 aromatic rings. The smallest absolute Gasteiger partial charge is 0.257 e. The summed E-state index contributed by atoms with van der Waals surface area (Å²) >= 11 is 3.21. The fourth-order valence-electron chi connectivity index (χ4n) is 3.14. The second kappa shape index (κ2) is 5.21. The number of hydrogen-bond acceptors (Lipinski definition) is 2. The predicted octanol–water partition coefficient (Wildman–Crippen LogP) is 2.41. The molecule has 2 heterocycles. The lowest BCUT2D eigenvalue weighted by molar-refractivity contribution is 0.0570. The standard InChI is InChI=1S/C14H16BrFN2O/c15-10-3-4-11(12(16)6-10)14(19)18-5-1-2-9-7-17-8-13(9)18/h3-4,6,9,13,17H,1-2,5,7-8H2. The zero-order valence-electron chi connectivity index (χ0n) is 10.5. The molecule has 1 N–H and O–H groups in total. The van der Waals surface area contributed by atoms with E-state index in [4.69, 9.17) is 0 Å². The molecule has 0 aromatic heterocycles. The first-order valence-corrected chi connectivity index (χ1v) is 7.43. The summed E-state index contributed by atoms with van der Waals surface area (Å²) in [5, 5.41) is 3.33. The maximum absolute atomic E-state index is 13.9. The highest BCUT2D eigenvalue weighted by Gasteiger charge is 2.38.